The zero-order chi connectivity index (χ0) is 17.9. The van der Waals surface area contributed by atoms with E-state index in [9.17, 15) is 10.1 Å². The van der Waals surface area contributed by atoms with E-state index in [1.807, 2.05) is 0 Å². The number of ether oxygens (including phenoxy) is 1. The quantitative estimate of drug-likeness (QED) is 0.687. The van der Waals surface area contributed by atoms with Crippen molar-refractivity contribution in [2.75, 3.05) is 24.1 Å². The summed E-state index contributed by atoms with van der Waals surface area (Å²) >= 11 is 0. The molecule has 8 nitrogen and oxygen atoms in total. The third-order valence-electron chi connectivity index (χ3n) is 3.83. The van der Waals surface area contributed by atoms with Crippen LogP contribution in [0, 0.1) is 17.2 Å². The highest BCUT2D eigenvalue weighted by Gasteiger charge is 2.32. The molecule has 1 saturated carbocycles. The van der Waals surface area contributed by atoms with Crippen LogP contribution in [-0.4, -0.2) is 34.6 Å². The van der Waals surface area contributed by atoms with Crippen molar-refractivity contribution in [3.05, 3.63) is 5.56 Å². The molecule has 24 heavy (non-hydrogen) atoms. The van der Waals surface area contributed by atoms with Gasteiger partial charge in [0.2, 0.25) is 0 Å². The molecule has 1 aliphatic rings. The van der Waals surface area contributed by atoms with Crippen LogP contribution in [0.1, 0.15) is 52.1 Å². The second kappa shape index (κ2) is 6.99. The number of nitrogens with two attached hydrogens (primary N) is 1. The molecule has 1 aliphatic carbocycles. The van der Waals surface area contributed by atoms with Crippen molar-refractivity contribution in [3.8, 4) is 6.07 Å². The Balaban J connectivity index is 1.89. The maximum absolute atomic E-state index is 11.6. The molecule has 132 valence electrons. The molecule has 0 aromatic carbocycles. The number of alkyl carbamates (subject to hydrolysis) is 1. The number of carbonyl (C=O) groups excluding carboxylic acids is 1. The molecule has 8 heteroatoms. The van der Waals surface area contributed by atoms with Crippen LogP contribution in [0.15, 0.2) is 0 Å². The Labute approximate surface area is 142 Å². The largest absolute Gasteiger partial charge is 0.444 e. The summed E-state index contributed by atoms with van der Waals surface area (Å²) < 4.78 is 6.88. The first-order chi connectivity index (χ1) is 11.2. The van der Waals surface area contributed by atoms with Crippen molar-refractivity contribution in [2.45, 2.75) is 52.2 Å². The third-order valence-corrected chi connectivity index (χ3v) is 3.83. The van der Waals surface area contributed by atoms with Crippen molar-refractivity contribution in [2.24, 2.45) is 5.92 Å². The molecule has 0 spiro atoms. The number of rotatable bonds is 6. The normalized spacial score (nSPS) is 15.5. The number of carbonyl (C=O) groups is 1. The van der Waals surface area contributed by atoms with E-state index in [0.29, 0.717) is 36.2 Å². The SMILES string of the molecule is CC(C1CC1)n1nc(NCCNC(=O)OC(C)(C)C)c(C#N)c1N. The summed E-state index contributed by atoms with van der Waals surface area (Å²) in [5, 5.41) is 19.4. The predicted octanol–water partition coefficient (Wildman–Crippen LogP) is 2.24. The van der Waals surface area contributed by atoms with E-state index < -0.39 is 11.7 Å². The van der Waals surface area contributed by atoms with E-state index >= 15 is 0 Å². The lowest BCUT2D eigenvalue weighted by Gasteiger charge is -2.19. The van der Waals surface area contributed by atoms with Gasteiger partial charge in [0, 0.05) is 13.1 Å². The van der Waals surface area contributed by atoms with Crippen LogP contribution in [0.5, 0.6) is 0 Å². The molecule has 1 heterocycles. The van der Waals surface area contributed by atoms with Crippen LogP contribution >= 0.6 is 0 Å². The van der Waals surface area contributed by atoms with E-state index in [-0.39, 0.29) is 6.04 Å². The summed E-state index contributed by atoms with van der Waals surface area (Å²) in [5.74, 6) is 1.42. The van der Waals surface area contributed by atoms with Crippen LogP contribution in [0.3, 0.4) is 0 Å². The Morgan fingerprint density at radius 2 is 2.17 bits per heavy atom. The van der Waals surface area contributed by atoms with Gasteiger partial charge in [0.1, 0.15) is 23.1 Å². The van der Waals surface area contributed by atoms with Gasteiger partial charge in [0.05, 0.1) is 6.04 Å². The molecule has 0 radical (unpaired) electrons. The monoisotopic (exact) mass is 334 g/mol. The Hall–Kier alpha value is -2.43. The van der Waals surface area contributed by atoms with Crippen LogP contribution in [0.25, 0.3) is 0 Å². The zero-order valence-electron chi connectivity index (χ0n) is 14.7. The standard InChI is InChI=1S/C16H26N6O2/c1-10(11-5-6-11)22-13(18)12(9-17)14(21-22)19-7-8-20-15(23)24-16(2,3)4/h10-11H,5-8,18H2,1-4H3,(H,19,21)(H,20,23). The number of nitrogen functional groups attached to an aromatic ring is 1. The third kappa shape index (κ3) is 4.54. The fourth-order valence-corrected chi connectivity index (χ4v) is 2.43. The molecule has 0 saturated heterocycles. The van der Waals surface area contributed by atoms with Gasteiger partial charge in [-0.05, 0) is 46.5 Å². The molecular formula is C16H26N6O2. The molecule has 1 amide bonds. The highest BCUT2D eigenvalue weighted by Crippen LogP contribution is 2.41. The summed E-state index contributed by atoms with van der Waals surface area (Å²) in [4.78, 5) is 11.6. The zero-order valence-corrected chi connectivity index (χ0v) is 14.7. The van der Waals surface area contributed by atoms with Gasteiger partial charge in [-0.2, -0.15) is 10.4 Å². The number of aromatic nitrogens is 2. The molecule has 0 aliphatic heterocycles. The minimum absolute atomic E-state index is 0.188. The summed E-state index contributed by atoms with van der Waals surface area (Å²) in [5.41, 5.74) is 5.87. The van der Waals surface area contributed by atoms with Gasteiger partial charge < -0.3 is 21.1 Å². The Morgan fingerprint density at radius 1 is 1.50 bits per heavy atom. The lowest BCUT2D eigenvalue weighted by Crippen LogP contribution is -2.35. The van der Waals surface area contributed by atoms with Crippen molar-refractivity contribution in [1.82, 2.24) is 15.1 Å². The van der Waals surface area contributed by atoms with Gasteiger partial charge >= 0.3 is 6.09 Å². The van der Waals surface area contributed by atoms with Gasteiger partial charge in [-0.3, -0.25) is 0 Å². The van der Waals surface area contributed by atoms with Crippen LogP contribution in [0.4, 0.5) is 16.4 Å². The highest BCUT2D eigenvalue weighted by atomic mass is 16.6. The maximum Gasteiger partial charge on any atom is 0.407 e. The molecule has 1 unspecified atom stereocenters. The van der Waals surface area contributed by atoms with E-state index in [1.54, 1.807) is 25.5 Å². The van der Waals surface area contributed by atoms with Crippen molar-refractivity contribution >= 4 is 17.7 Å². The smallest absolute Gasteiger partial charge is 0.407 e. The Bertz CT molecular complexity index is 636. The van der Waals surface area contributed by atoms with Gasteiger partial charge in [-0.25, -0.2) is 9.48 Å². The van der Waals surface area contributed by atoms with Gasteiger partial charge in [0.15, 0.2) is 5.82 Å². The van der Waals surface area contributed by atoms with Gasteiger partial charge in [0.25, 0.3) is 0 Å². The number of hydrogen-bond donors (Lipinski definition) is 3. The van der Waals surface area contributed by atoms with Crippen molar-refractivity contribution in [1.29, 1.82) is 5.26 Å². The lowest BCUT2D eigenvalue weighted by molar-refractivity contribution is 0.0530. The fourth-order valence-electron chi connectivity index (χ4n) is 2.43. The topological polar surface area (TPSA) is 118 Å². The number of nitrogens with zero attached hydrogens (tertiary/aromatic N) is 3. The average Bonchev–Trinajstić information content (AvgIpc) is 3.26. The first kappa shape index (κ1) is 17.9. The molecular weight excluding hydrogens is 308 g/mol. The molecule has 1 atom stereocenters. The van der Waals surface area contributed by atoms with E-state index in [0.717, 1.165) is 0 Å². The molecule has 4 N–H and O–H groups in total. The van der Waals surface area contributed by atoms with Crippen LogP contribution in [0.2, 0.25) is 0 Å². The summed E-state index contributed by atoms with van der Waals surface area (Å²) in [6.07, 6.45) is 1.87. The summed E-state index contributed by atoms with van der Waals surface area (Å²) in [6.45, 7) is 8.25. The summed E-state index contributed by atoms with van der Waals surface area (Å²) in [7, 11) is 0. The Morgan fingerprint density at radius 3 is 2.71 bits per heavy atom. The second-order valence-corrected chi connectivity index (χ2v) is 7.10. The predicted molar refractivity (Wildman–Crippen MR) is 91.5 cm³/mol. The molecule has 1 fully saturated rings. The first-order valence-corrected chi connectivity index (χ1v) is 8.21. The van der Waals surface area contributed by atoms with Crippen LogP contribution < -0.4 is 16.4 Å². The summed E-state index contributed by atoms with van der Waals surface area (Å²) in [6, 6.07) is 2.28. The van der Waals surface area contributed by atoms with Gasteiger partial charge in [-0.15, -0.1) is 0 Å². The number of anilines is 2. The number of amides is 1. The minimum atomic E-state index is -0.530. The minimum Gasteiger partial charge on any atom is -0.444 e. The average molecular weight is 334 g/mol. The molecule has 2 rings (SSSR count). The number of hydrogen-bond acceptors (Lipinski definition) is 6. The Kier molecular flexibility index (Phi) is 5.22. The number of nitriles is 1. The molecule has 1 aromatic rings. The van der Waals surface area contributed by atoms with Crippen molar-refractivity contribution in [3.63, 3.8) is 0 Å². The number of nitrogens with one attached hydrogen (secondary N) is 2. The fraction of sp³-hybridized carbons (Fsp3) is 0.688. The van der Waals surface area contributed by atoms with E-state index in [2.05, 4.69) is 28.7 Å². The highest BCUT2D eigenvalue weighted by molar-refractivity contribution is 5.68. The van der Waals surface area contributed by atoms with Crippen molar-refractivity contribution < 1.29 is 9.53 Å². The molecule has 1 aromatic heterocycles. The van der Waals surface area contributed by atoms with E-state index in [1.165, 1.54) is 12.8 Å². The van der Waals surface area contributed by atoms with Gasteiger partial charge in [-0.1, -0.05) is 0 Å². The van der Waals surface area contributed by atoms with Crippen LogP contribution in [-0.2, 0) is 4.74 Å². The van der Waals surface area contributed by atoms with E-state index in [4.69, 9.17) is 10.5 Å². The molecule has 0 bridgehead atoms. The lowest BCUT2D eigenvalue weighted by atomic mass is 10.2. The first-order valence-electron chi connectivity index (χ1n) is 8.21. The second-order valence-electron chi connectivity index (χ2n) is 7.10. The maximum atomic E-state index is 11.6.